The van der Waals surface area contributed by atoms with Crippen LogP contribution in [-0.2, 0) is 0 Å². The number of aromatic nitrogens is 1. The number of carbonyl (C=O) groups excluding carboxylic acids is 1. The Kier molecular flexibility index (Phi) is 4.13. The number of pyridine rings is 1. The summed E-state index contributed by atoms with van der Waals surface area (Å²) in [6.45, 7) is 2.18. The predicted molar refractivity (Wildman–Crippen MR) is 76.0 cm³/mol. The number of ether oxygens (including phenoxy) is 1. The summed E-state index contributed by atoms with van der Waals surface area (Å²) in [5, 5.41) is 11.2. The number of hydrogen-bond donors (Lipinski definition) is 1. The second kappa shape index (κ2) is 6.00. The molecule has 0 aliphatic heterocycles. The van der Waals surface area contributed by atoms with Crippen molar-refractivity contribution in [3.63, 3.8) is 0 Å². The van der Waals surface area contributed by atoms with Crippen molar-refractivity contribution in [3.05, 3.63) is 52.2 Å². The summed E-state index contributed by atoms with van der Waals surface area (Å²) >= 11 is 0. The molecule has 21 heavy (non-hydrogen) atoms. The average molecular weight is 287 g/mol. The lowest BCUT2D eigenvalue weighted by molar-refractivity contribution is -0.384. The van der Waals surface area contributed by atoms with Crippen LogP contribution in [0, 0.1) is 10.1 Å². The van der Waals surface area contributed by atoms with Crippen LogP contribution in [0.25, 0.3) is 11.3 Å². The standard InChI is InChI=1S/C14H13N3O4/c1-2-21-9-5-6-10(12(8-9)17(19)20)13-11(14(15)18)4-3-7-16-13/h3-8H,2H2,1H3,(H2,15,18). The smallest absolute Gasteiger partial charge is 0.282 e. The summed E-state index contributed by atoms with van der Waals surface area (Å²) in [6, 6.07) is 7.41. The van der Waals surface area contributed by atoms with Crippen LogP contribution in [-0.4, -0.2) is 22.4 Å². The van der Waals surface area contributed by atoms with Gasteiger partial charge in [-0.3, -0.25) is 19.9 Å². The monoisotopic (exact) mass is 287 g/mol. The van der Waals surface area contributed by atoms with Gasteiger partial charge in [0.1, 0.15) is 5.75 Å². The van der Waals surface area contributed by atoms with E-state index in [9.17, 15) is 14.9 Å². The molecular weight excluding hydrogens is 274 g/mol. The van der Waals surface area contributed by atoms with E-state index in [2.05, 4.69) is 4.98 Å². The molecule has 0 saturated carbocycles. The molecule has 0 saturated heterocycles. The Hall–Kier alpha value is -2.96. The van der Waals surface area contributed by atoms with Crippen molar-refractivity contribution in [3.8, 4) is 17.0 Å². The number of nitro groups is 1. The third kappa shape index (κ3) is 2.97. The summed E-state index contributed by atoms with van der Waals surface area (Å²) in [5.74, 6) is -0.314. The third-order valence-corrected chi connectivity index (χ3v) is 2.81. The number of amides is 1. The van der Waals surface area contributed by atoms with Crippen molar-refractivity contribution in [2.24, 2.45) is 5.73 Å². The minimum Gasteiger partial charge on any atom is -0.494 e. The summed E-state index contributed by atoms with van der Waals surface area (Å²) < 4.78 is 5.25. The maximum atomic E-state index is 11.4. The normalized spacial score (nSPS) is 10.1. The van der Waals surface area contributed by atoms with Gasteiger partial charge in [0.05, 0.1) is 34.4 Å². The highest BCUT2D eigenvalue weighted by molar-refractivity contribution is 5.99. The predicted octanol–water partition coefficient (Wildman–Crippen LogP) is 2.15. The van der Waals surface area contributed by atoms with E-state index < -0.39 is 10.8 Å². The zero-order valence-electron chi connectivity index (χ0n) is 11.3. The SMILES string of the molecule is CCOc1ccc(-c2ncccc2C(N)=O)c([N+](=O)[O-])c1. The summed E-state index contributed by atoms with van der Waals surface area (Å²) in [7, 11) is 0. The molecule has 1 aromatic heterocycles. The van der Waals surface area contributed by atoms with Crippen LogP contribution in [0.5, 0.6) is 5.75 Å². The van der Waals surface area contributed by atoms with Gasteiger partial charge in [-0.05, 0) is 31.2 Å². The molecule has 7 heteroatoms. The maximum absolute atomic E-state index is 11.4. The first-order valence-corrected chi connectivity index (χ1v) is 6.21. The summed E-state index contributed by atoms with van der Waals surface area (Å²) in [4.78, 5) is 26.2. The van der Waals surface area contributed by atoms with Crippen LogP contribution < -0.4 is 10.5 Å². The highest BCUT2D eigenvalue weighted by Crippen LogP contribution is 2.33. The molecule has 2 aromatic rings. The Labute approximate surface area is 120 Å². The summed E-state index contributed by atoms with van der Waals surface area (Å²) in [5.41, 5.74) is 5.62. The highest BCUT2D eigenvalue weighted by atomic mass is 16.6. The topological polar surface area (TPSA) is 108 Å². The van der Waals surface area contributed by atoms with E-state index in [4.69, 9.17) is 10.5 Å². The first kappa shape index (κ1) is 14.4. The van der Waals surface area contributed by atoms with Gasteiger partial charge < -0.3 is 10.5 Å². The van der Waals surface area contributed by atoms with E-state index in [1.807, 2.05) is 0 Å². The first-order valence-electron chi connectivity index (χ1n) is 6.21. The number of benzene rings is 1. The van der Waals surface area contributed by atoms with Crippen LogP contribution in [0.2, 0.25) is 0 Å². The number of primary amides is 1. The number of nitrogens with two attached hydrogens (primary N) is 1. The fraction of sp³-hybridized carbons (Fsp3) is 0.143. The van der Waals surface area contributed by atoms with E-state index >= 15 is 0 Å². The van der Waals surface area contributed by atoms with Gasteiger partial charge in [-0.2, -0.15) is 0 Å². The van der Waals surface area contributed by atoms with Crippen LogP contribution in [0.4, 0.5) is 5.69 Å². The Bertz CT molecular complexity index is 700. The van der Waals surface area contributed by atoms with Crippen molar-refractivity contribution >= 4 is 11.6 Å². The molecule has 1 heterocycles. The quantitative estimate of drug-likeness (QED) is 0.669. The average Bonchev–Trinajstić information content (AvgIpc) is 2.47. The second-order valence-corrected chi connectivity index (χ2v) is 4.13. The minimum atomic E-state index is -0.693. The Morgan fingerprint density at radius 3 is 2.81 bits per heavy atom. The van der Waals surface area contributed by atoms with Crippen molar-refractivity contribution in [2.45, 2.75) is 6.92 Å². The van der Waals surface area contributed by atoms with E-state index in [0.29, 0.717) is 12.4 Å². The van der Waals surface area contributed by atoms with Crippen molar-refractivity contribution in [2.75, 3.05) is 6.61 Å². The highest BCUT2D eigenvalue weighted by Gasteiger charge is 2.21. The van der Waals surface area contributed by atoms with Gasteiger partial charge in [0.15, 0.2) is 0 Å². The lowest BCUT2D eigenvalue weighted by atomic mass is 10.0. The van der Waals surface area contributed by atoms with Gasteiger partial charge in [0, 0.05) is 6.20 Å². The number of hydrogen-bond acceptors (Lipinski definition) is 5. The molecule has 2 N–H and O–H groups in total. The van der Waals surface area contributed by atoms with Crippen LogP contribution in [0.15, 0.2) is 36.5 Å². The fourth-order valence-electron chi connectivity index (χ4n) is 1.94. The Morgan fingerprint density at radius 2 is 2.19 bits per heavy atom. The number of nitro benzene ring substituents is 1. The molecule has 7 nitrogen and oxygen atoms in total. The van der Waals surface area contributed by atoms with Gasteiger partial charge in [0.25, 0.3) is 11.6 Å². The van der Waals surface area contributed by atoms with Gasteiger partial charge in [-0.1, -0.05) is 0 Å². The molecule has 0 aliphatic rings. The molecule has 108 valence electrons. The van der Waals surface area contributed by atoms with Gasteiger partial charge in [-0.25, -0.2) is 0 Å². The Morgan fingerprint density at radius 1 is 1.43 bits per heavy atom. The van der Waals surface area contributed by atoms with Crippen LogP contribution in [0.3, 0.4) is 0 Å². The summed E-state index contributed by atoms with van der Waals surface area (Å²) in [6.07, 6.45) is 1.45. The zero-order chi connectivity index (χ0) is 15.4. The zero-order valence-corrected chi connectivity index (χ0v) is 11.3. The van der Waals surface area contributed by atoms with E-state index in [1.54, 1.807) is 19.1 Å². The molecule has 1 aromatic carbocycles. The van der Waals surface area contributed by atoms with Gasteiger partial charge >= 0.3 is 0 Å². The number of carbonyl (C=O) groups is 1. The third-order valence-electron chi connectivity index (χ3n) is 2.81. The van der Waals surface area contributed by atoms with Crippen LogP contribution >= 0.6 is 0 Å². The molecule has 0 spiro atoms. The molecule has 0 atom stereocenters. The second-order valence-electron chi connectivity index (χ2n) is 4.13. The van der Waals surface area contributed by atoms with Crippen LogP contribution in [0.1, 0.15) is 17.3 Å². The molecule has 0 unspecified atom stereocenters. The molecule has 0 fully saturated rings. The lowest BCUT2D eigenvalue weighted by Gasteiger charge is -2.08. The Balaban J connectivity index is 2.64. The lowest BCUT2D eigenvalue weighted by Crippen LogP contribution is -2.13. The van der Waals surface area contributed by atoms with E-state index in [1.165, 1.54) is 24.4 Å². The molecule has 0 aliphatic carbocycles. The first-order chi connectivity index (χ1) is 10.0. The van der Waals surface area contributed by atoms with Gasteiger partial charge in [0.2, 0.25) is 0 Å². The number of nitrogens with zero attached hydrogens (tertiary/aromatic N) is 2. The van der Waals surface area contributed by atoms with Crippen molar-refractivity contribution < 1.29 is 14.5 Å². The minimum absolute atomic E-state index is 0.129. The molecule has 0 bridgehead atoms. The van der Waals surface area contributed by atoms with Crippen molar-refractivity contribution in [1.82, 2.24) is 4.98 Å². The largest absolute Gasteiger partial charge is 0.494 e. The van der Waals surface area contributed by atoms with E-state index in [-0.39, 0.29) is 22.5 Å². The molecule has 0 radical (unpaired) electrons. The van der Waals surface area contributed by atoms with Crippen molar-refractivity contribution in [1.29, 1.82) is 0 Å². The molecule has 1 amide bonds. The molecule has 2 rings (SSSR count). The number of rotatable bonds is 5. The fourth-order valence-corrected chi connectivity index (χ4v) is 1.94. The van der Waals surface area contributed by atoms with Gasteiger partial charge in [-0.15, -0.1) is 0 Å². The molecular formula is C14H13N3O4. The van der Waals surface area contributed by atoms with E-state index in [0.717, 1.165) is 0 Å². The maximum Gasteiger partial charge on any atom is 0.282 e.